The Bertz CT molecular complexity index is 632. The summed E-state index contributed by atoms with van der Waals surface area (Å²) >= 11 is 0. The standard InChI is InChI=1S/C15H16N2O/c1-15(2)11-5-3-10(17)8-14(11)18-13-6-4-9(16)7-12(13)15/h3-8H,16-17H2,1-2H3. The lowest BCUT2D eigenvalue weighted by Gasteiger charge is -2.34. The molecule has 0 aromatic heterocycles. The molecule has 0 saturated heterocycles. The molecule has 3 heteroatoms. The van der Waals surface area contributed by atoms with E-state index in [0.717, 1.165) is 28.3 Å². The van der Waals surface area contributed by atoms with Gasteiger partial charge in [0.05, 0.1) is 0 Å². The highest BCUT2D eigenvalue weighted by molar-refractivity contribution is 5.63. The molecule has 1 heterocycles. The van der Waals surface area contributed by atoms with E-state index >= 15 is 0 Å². The van der Waals surface area contributed by atoms with Crippen LogP contribution in [0.5, 0.6) is 11.5 Å². The van der Waals surface area contributed by atoms with Crippen molar-refractivity contribution in [2.24, 2.45) is 0 Å². The maximum absolute atomic E-state index is 5.91. The topological polar surface area (TPSA) is 61.3 Å². The number of hydrogen-bond acceptors (Lipinski definition) is 3. The molecule has 0 bridgehead atoms. The maximum Gasteiger partial charge on any atom is 0.133 e. The molecule has 2 aromatic rings. The van der Waals surface area contributed by atoms with E-state index in [1.807, 2.05) is 36.4 Å². The number of benzene rings is 2. The van der Waals surface area contributed by atoms with E-state index in [-0.39, 0.29) is 5.41 Å². The van der Waals surface area contributed by atoms with Gasteiger partial charge in [0.25, 0.3) is 0 Å². The maximum atomic E-state index is 5.91. The third-order valence-electron chi connectivity index (χ3n) is 3.58. The van der Waals surface area contributed by atoms with Crippen LogP contribution in [0.4, 0.5) is 11.4 Å². The van der Waals surface area contributed by atoms with E-state index in [2.05, 4.69) is 13.8 Å². The van der Waals surface area contributed by atoms with Crippen LogP contribution >= 0.6 is 0 Å². The van der Waals surface area contributed by atoms with Gasteiger partial charge >= 0.3 is 0 Å². The lowest BCUT2D eigenvalue weighted by atomic mass is 9.75. The third kappa shape index (κ3) is 1.44. The number of hydrogen-bond donors (Lipinski definition) is 2. The molecule has 0 saturated carbocycles. The molecule has 0 unspecified atom stereocenters. The fourth-order valence-electron chi connectivity index (χ4n) is 2.53. The fourth-order valence-corrected chi connectivity index (χ4v) is 2.53. The molecule has 0 radical (unpaired) electrons. The number of nitrogens with two attached hydrogens (primary N) is 2. The molecule has 0 spiro atoms. The Kier molecular flexibility index (Phi) is 2.08. The molecule has 1 aliphatic rings. The van der Waals surface area contributed by atoms with Gasteiger partial charge in [-0.05, 0) is 24.3 Å². The lowest BCUT2D eigenvalue weighted by molar-refractivity contribution is 0.418. The van der Waals surface area contributed by atoms with Crippen molar-refractivity contribution in [1.82, 2.24) is 0 Å². The first-order valence-corrected chi connectivity index (χ1v) is 5.96. The average Bonchev–Trinajstić information content (AvgIpc) is 2.30. The van der Waals surface area contributed by atoms with Crippen LogP contribution in [0.2, 0.25) is 0 Å². The summed E-state index contributed by atoms with van der Waals surface area (Å²) in [6.45, 7) is 4.34. The van der Waals surface area contributed by atoms with Crippen molar-refractivity contribution in [1.29, 1.82) is 0 Å². The van der Waals surface area contributed by atoms with Crippen molar-refractivity contribution in [2.45, 2.75) is 19.3 Å². The summed E-state index contributed by atoms with van der Waals surface area (Å²) in [7, 11) is 0. The second kappa shape index (κ2) is 3.42. The monoisotopic (exact) mass is 240 g/mol. The minimum Gasteiger partial charge on any atom is -0.457 e. The summed E-state index contributed by atoms with van der Waals surface area (Å²) < 4.78 is 5.91. The van der Waals surface area contributed by atoms with Crippen molar-refractivity contribution in [3.63, 3.8) is 0 Å². The van der Waals surface area contributed by atoms with E-state index in [1.54, 1.807) is 0 Å². The molecule has 0 amide bonds. The summed E-state index contributed by atoms with van der Waals surface area (Å²) in [5.41, 5.74) is 15.3. The van der Waals surface area contributed by atoms with Gasteiger partial charge in [-0.25, -0.2) is 0 Å². The van der Waals surface area contributed by atoms with Crippen molar-refractivity contribution in [3.05, 3.63) is 47.5 Å². The van der Waals surface area contributed by atoms with Crippen LogP contribution in [0.3, 0.4) is 0 Å². The summed E-state index contributed by atoms with van der Waals surface area (Å²) in [5.74, 6) is 1.68. The quantitative estimate of drug-likeness (QED) is 0.695. The van der Waals surface area contributed by atoms with Crippen molar-refractivity contribution in [2.75, 3.05) is 11.5 Å². The molecular weight excluding hydrogens is 224 g/mol. The second-order valence-corrected chi connectivity index (χ2v) is 5.24. The van der Waals surface area contributed by atoms with Gasteiger partial charge < -0.3 is 16.2 Å². The Morgan fingerprint density at radius 1 is 0.833 bits per heavy atom. The zero-order valence-electron chi connectivity index (χ0n) is 10.5. The molecule has 3 rings (SSSR count). The minimum atomic E-state index is -0.133. The number of ether oxygens (including phenoxy) is 1. The van der Waals surface area contributed by atoms with Gasteiger partial charge in [-0.2, -0.15) is 0 Å². The van der Waals surface area contributed by atoms with Gasteiger partial charge in [0.1, 0.15) is 11.5 Å². The van der Waals surface area contributed by atoms with Crippen LogP contribution in [-0.4, -0.2) is 0 Å². The molecule has 92 valence electrons. The summed E-state index contributed by atoms with van der Waals surface area (Å²) in [6, 6.07) is 11.5. The van der Waals surface area contributed by atoms with Gasteiger partial charge in [-0.1, -0.05) is 19.9 Å². The van der Waals surface area contributed by atoms with Crippen LogP contribution < -0.4 is 16.2 Å². The summed E-state index contributed by atoms with van der Waals surface area (Å²) in [4.78, 5) is 0. The Hall–Kier alpha value is -2.16. The van der Waals surface area contributed by atoms with E-state index < -0.39 is 0 Å². The molecule has 4 N–H and O–H groups in total. The Morgan fingerprint density at radius 2 is 1.50 bits per heavy atom. The normalized spacial score (nSPS) is 15.4. The first kappa shape index (κ1) is 11.0. The molecule has 2 aromatic carbocycles. The SMILES string of the molecule is CC1(C)c2ccc(N)cc2Oc2ccc(N)cc21. The summed E-state index contributed by atoms with van der Waals surface area (Å²) in [5, 5.41) is 0. The van der Waals surface area contributed by atoms with Crippen LogP contribution in [0.1, 0.15) is 25.0 Å². The molecular formula is C15H16N2O. The Morgan fingerprint density at radius 3 is 2.28 bits per heavy atom. The van der Waals surface area contributed by atoms with Crippen LogP contribution in [0.15, 0.2) is 36.4 Å². The molecule has 0 aliphatic carbocycles. The smallest absolute Gasteiger partial charge is 0.133 e. The van der Waals surface area contributed by atoms with E-state index in [9.17, 15) is 0 Å². The minimum absolute atomic E-state index is 0.133. The average molecular weight is 240 g/mol. The van der Waals surface area contributed by atoms with E-state index in [1.165, 1.54) is 0 Å². The molecule has 3 nitrogen and oxygen atoms in total. The number of fused-ring (bicyclic) bond motifs is 2. The third-order valence-corrected chi connectivity index (χ3v) is 3.58. The van der Waals surface area contributed by atoms with E-state index in [4.69, 9.17) is 16.2 Å². The fraction of sp³-hybridized carbons (Fsp3) is 0.200. The predicted molar refractivity (Wildman–Crippen MR) is 73.9 cm³/mol. The van der Waals surface area contributed by atoms with Crippen LogP contribution in [0, 0.1) is 0 Å². The number of nitrogen functional groups attached to an aromatic ring is 2. The van der Waals surface area contributed by atoms with Gasteiger partial charge in [0.2, 0.25) is 0 Å². The second-order valence-electron chi connectivity index (χ2n) is 5.24. The zero-order chi connectivity index (χ0) is 12.9. The lowest BCUT2D eigenvalue weighted by Crippen LogP contribution is -2.24. The highest BCUT2D eigenvalue weighted by atomic mass is 16.5. The number of rotatable bonds is 0. The molecule has 18 heavy (non-hydrogen) atoms. The van der Waals surface area contributed by atoms with Gasteiger partial charge in [0, 0.05) is 34.0 Å². The Balaban J connectivity index is 2.26. The van der Waals surface area contributed by atoms with Crippen LogP contribution in [0.25, 0.3) is 0 Å². The van der Waals surface area contributed by atoms with Crippen LogP contribution in [-0.2, 0) is 5.41 Å². The zero-order valence-corrected chi connectivity index (χ0v) is 10.5. The molecule has 0 fully saturated rings. The molecule has 1 aliphatic heterocycles. The van der Waals surface area contributed by atoms with Crippen molar-refractivity contribution in [3.8, 4) is 11.5 Å². The van der Waals surface area contributed by atoms with Gasteiger partial charge in [-0.3, -0.25) is 0 Å². The first-order chi connectivity index (χ1) is 8.48. The van der Waals surface area contributed by atoms with Gasteiger partial charge in [-0.15, -0.1) is 0 Å². The van der Waals surface area contributed by atoms with Crippen molar-refractivity contribution >= 4 is 11.4 Å². The highest BCUT2D eigenvalue weighted by Gasteiger charge is 2.34. The van der Waals surface area contributed by atoms with Gasteiger partial charge in [0.15, 0.2) is 0 Å². The summed E-state index contributed by atoms with van der Waals surface area (Å²) in [6.07, 6.45) is 0. The Labute approximate surface area is 106 Å². The molecule has 0 atom stereocenters. The first-order valence-electron chi connectivity index (χ1n) is 5.96. The largest absolute Gasteiger partial charge is 0.457 e. The number of anilines is 2. The van der Waals surface area contributed by atoms with E-state index in [0.29, 0.717) is 5.69 Å². The highest BCUT2D eigenvalue weighted by Crippen LogP contribution is 2.48. The predicted octanol–water partition coefficient (Wildman–Crippen LogP) is 3.28. The van der Waals surface area contributed by atoms with Crippen molar-refractivity contribution < 1.29 is 4.74 Å².